The number of pyridine rings is 2. The predicted molar refractivity (Wildman–Crippen MR) is 72.0 cm³/mol. The Balaban J connectivity index is 2.27. The van der Waals surface area contributed by atoms with Gasteiger partial charge in [-0.25, -0.2) is 18.4 Å². The molecule has 18 heavy (non-hydrogen) atoms. The molecule has 0 fully saturated rings. The number of sulfonamides is 1. The van der Waals surface area contributed by atoms with Gasteiger partial charge in [0.15, 0.2) is 0 Å². The van der Waals surface area contributed by atoms with Crippen molar-refractivity contribution in [2.75, 3.05) is 4.72 Å². The van der Waals surface area contributed by atoms with Crippen molar-refractivity contribution >= 4 is 43.2 Å². The van der Waals surface area contributed by atoms with E-state index in [4.69, 9.17) is 11.6 Å². The number of hydrogen-bond donors (Lipinski definition) is 1. The fraction of sp³-hybridized carbons (Fsp3) is 0. The molecule has 0 spiro atoms. The van der Waals surface area contributed by atoms with Gasteiger partial charge in [-0.1, -0.05) is 11.6 Å². The molecule has 8 heteroatoms. The zero-order valence-electron chi connectivity index (χ0n) is 8.84. The molecule has 2 aromatic heterocycles. The van der Waals surface area contributed by atoms with E-state index < -0.39 is 10.0 Å². The highest BCUT2D eigenvalue weighted by Crippen LogP contribution is 2.17. The van der Waals surface area contributed by atoms with Crippen molar-refractivity contribution in [1.82, 2.24) is 9.97 Å². The van der Waals surface area contributed by atoms with Gasteiger partial charge in [-0.05, 0) is 40.2 Å². The number of nitrogens with one attached hydrogen (secondary N) is 1. The Bertz CT molecular complexity index is 644. The molecule has 2 rings (SSSR count). The van der Waals surface area contributed by atoms with Crippen molar-refractivity contribution in [3.8, 4) is 0 Å². The van der Waals surface area contributed by atoms with Crippen LogP contribution in [0, 0.1) is 0 Å². The van der Waals surface area contributed by atoms with E-state index in [-0.39, 0.29) is 10.0 Å². The maximum Gasteiger partial charge on any atom is 0.263 e. The van der Waals surface area contributed by atoms with Gasteiger partial charge in [0.1, 0.15) is 14.7 Å². The van der Waals surface area contributed by atoms with Crippen LogP contribution in [0.2, 0.25) is 5.15 Å². The van der Waals surface area contributed by atoms with Crippen molar-refractivity contribution in [3.05, 3.63) is 46.4 Å². The Labute approximate surface area is 117 Å². The second-order valence-electron chi connectivity index (χ2n) is 3.29. The zero-order valence-corrected chi connectivity index (χ0v) is 12.0. The number of halogens is 2. The number of hydrogen-bond acceptors (Lipinski definition) is 4. The van der Waals surface area contributed by atoms with Crippen LogP contribution in [0.1, 0.15) is 0 Å². The minimum Gasteiger partial charge on any atom is -0.278 e. The van der Waals surface area contributed by atoms with Crippen LogP contribution in [0.4, 0.5) is 5.69 Å². The molecule has 2 aromatic rings. The highest BCUT2D eigenvalue weighted by Gasteiger charge is 2.14. The van der Waals surface area contributed by atoms with Crippen LogP contribution in [0.25, 0.3) is 0 Å². The summed E-state index contributed by atoms with van der Waals surface area (Å²) in [5.74, 6) is 0. The average molecular weight is 349 g/mol. The molecule has 5 nitrogen and oxygen atoms in total. The Morgan fingerprint density at radius 1 is 1.11 bits per heavy atom. The van der Waals surface area contributed by atoms with Crippen LogP contribution in [0.15, 0.2) is 46.2 Å². The van der Waals surface area contributed by atoms with E-state index in [2.05, 4.69) is 30.6 Å². The largest absolute Gasteiger partial charge is 0.278 e. The van der Waals surface area contributed by atoms with E-state index >= 15 is 0 Å². The molecule has 0 bridgehead atoms. The maximum absolute atomic E-state index is 12.0. The van der Waals surface area contributed by atoms with E-state index in [0.29, 0.717) is 10.3 Å². The molecule has 0 radical (unpaired) electrons. The fourth-order valence-corrected chi connectivity index (χ4v) is 2.51. The first-order valence-electron chi connectivity index (χ1n) is 4.73. The van der Waals surface area contributed by atoms with Crippen molar-refractivity contribution < 1.29 is 8.42 Å². The molecule has 94 valence electrons. The molecule has 0 saturated heterocycles. The van der Waals surface area contributed by atoms with Gasteiger partial charge in [0.05, 0.1) is 11.9 Å². The second kappa shape index (κ2) is 5.21. The van der Waals surface area contributed by atoms with Crippen molar-refractivity contribution in [2.24, 2.45) is 0 Å². The van der Waals surface area contributed by atoms with Gasteiger partial charge in [0.25, 0.3) is 10.0 Å². The number of aromatic nitrogens is 2. The summed E-state index contributed by atoms with van der Waals surface area (Å²) in [4.78, 5) is 7.69. The lowest BCUT2D eigenvalue weighted by Crippen LogP contribution is -2.13. The average Bonchev–Trinajstić information content (AvgIpc) is 2.32. The van der Waals surface area contributed by atoms with E-state index in [9.17, 15) is 8.42 Å². The van der Waals surface area contributed by atoms with E-state index in [0.717, 1.165) is 0 Å². The summed E-state index contributed by atoms with van der Waals surface area (Å²) in [6, 6.07) is 6.02. The van der Waals surface area contributed by atoms with Crippen LogP contribution >= 0.6 is 27.5 Å². The van der Waals surface area contributed by atoms with Crippen LogP contribution in [0.3, 0.4) is 0 Å². The monoisotopic (exact) mass is 347 g/mol. The molecular weight excluding hydrogens is 342 g/mol. The lowest BCUT2D eigenvalue weighted by atomic mass is 10.4. The Morgan fingerprint density at radius 2 is 1.89 bits per heavy atom. The summed E-state index contributed by atoms with van der Waals surface area (Å²) in [7, 11) is -3.67. The predicted octanol–water partition coefficient (Wildman–Crippen LogP) is 2.69. The Kier molecular flexibility index (Phi) is 3.84. The molecule has 0 aromatic carbocycles. The number of rotatable bonds is 3. The highest BCUT2D eigenvalue weighted by molar-refractivity contribution is 9.10. The third-order valence-electron chi connectivity index (χ3n) is 1.99. The van der Waals surface area contributed by atoms with E-state index in [1.807, 2.05) is 0 Å². The van der Waals surface area contributed by atoms with Gasteiger partial charge in [-0.2, -0.15) is 0 Å². The molecule has 0 aliphatic rings. The number of nitrogens with zero attached hydrogens (tertiary/aromatic N) is 2. The topological polar surface area (TPSA) is 72.0 Å². The zero-order chi connectivity index (χ0) is 13.2. The van der Waals surface area contributed by atoms with Gasteiger partial charge < -0.3 is 0 Å². The van der Waals surface area contributed by atoms with Gasteiger partial charge in [0.2, 0.25) is 0 Å². The van der Waals surface area contributed by atoms with Crippen LogP contribution in [-0.2, 0) is 10.0 Å². The minimum atomic E-state index is -3.67. The molecule has 2 heterocycles. The Morgan fingerprint density at radius 3 is 2.44 bits per heavy atom. The van der Waals surface area contributed by atoms with Crippen molar-refractivity contribution in [2.45, 2.75) is 4.90 Å². The summed E-state index contributed by atoms with van der Waals surface area (Å²) in [6.07, 6.45) is 2.60. The molecule has 0 aliphatic carbocycles. The standard InChI is InChI=1S/C10H7BrClN3O2S/c11-9-3-1-7(5-13-9)15-18(16,17)8-2-4-10(12)14-6-8/h1-6,15H. The first-order valence-corrected chi connectivity index (χ1v) is 7.39. The first kappa shape index (κ1) is 13.3. The van der Waals surface area contributed by atoms with Crippen LogP contribution in [0.5, 0.6) is 0 Å². The SMILES string of the molecule is O=S(=O)(Nc1ccc(Br)nc1)c1ccc(Cl)nc1. The molecule has 0 unspecified atom stereocenters. The van der Waals surface area contributed by atoms with Crippen molar-refractivity contribution in [3.63, 3.8) is 0 Å². The summed E-state index contributed by atoms with van der Waals surface area (Å²) in [6.45, 7) is 0. The smallest absolute Gasteiger partial charge is 0.263 e. The van der Waals surface area contributed by atoms with Gasteiger partial charge in [-0.15, -0.1) is 0 Å². The van der Waals surface area contributed by atoms with Gasteiger partial charge in [-0.3, -0.25) is 4.72 Å². The quantitative estimate of drug-likeness (QED) is 0.866. The third kappa shape index (κ3) is 3.18. The van der Waals surface area contributed by atoms with Crippen molar-refractivity contribution in [1.29, 1.82) is 0 Å². The van der Waals surface area contributed by atoms with Crippen LogP contribution < -0.4 is 4.72 Å². The lowest BCUT2D eigenvalue weighted by Gasteiger charge is -2.07. The molecule has 0 aliphatic heterocycles. The van der Waals surface area contributed by atoms with Gasteiger partial charge in [0, 0.05) is 6.20 Å². The first-order chi connectivity index (χ1) is 8.47. The fourth-order valence-electron chi connectivity index (χ4n) is 1.17. The summed E-state index contributed by atoms with van der Waals surface area (Å²) < 4.78 is 26.9. The molecule has 0 atom stereocenters. The summed E-state index contributed by atoms with van der Waals surface area (Å²) in [5.41, 5.74) is 0.369. The lowest BCUT2D eigenvalue weighted by molar-refractivity contribution is 0.601. The van der Waals surface area contributed by atoms with Crippen LogP contribution in [-0.4, -0.2) is 18.4 Å². The van der Waals surface area contributed by atoms with E-state index in [1.165, 1.54) is 24.5 Å². The molecular formula is C10H7BrClN3O2S. The molecule has 1 N–H and O–H groups in total. The maximum atomic E-state index is 12.0. The highest BCUT2D eigenvalue weighted by atomic mass is 79.9. The summed E-state index contributed by atoms with van der Waals surface area (Å²) >= 11 is 8.76. The Hall–Kier alpha value is -1.18. The molecule has 0 saturated carbocycles. The van der Waals surface area contributed by atoms with E-state index in [1.54, 1.807) is 12.1 Å². The minimum absolute atomic E-state index is 0.0369. The molecule has 0 amide bonds. The third-order valence-corrected chi connectivity index (χ3v) is 4.05. The summed E-state index contributed by atoms with van der Waals surface area (Å²) in [5, 5.41) is 0.235. The van der Waals surface area contributed by atoms with Gasteiger partial charge >= 0.3 is 0 Å². The second-order valence-corrected chi connectivity index (χ2v) is 6.17. The normalized spacial score (nSPS) is 11.2. The number of anilines is 1.